The van der Waals surface area contributed by atoms with Crippen LogP contribution in [0.5, 0.6) is 11.5 Å². The lowest BCUT2D eigenvalue weighted by Crippen LogP contribution is -2.60. The van der Waals surface area contributed by atoms with E-state index in [0.29, 0.717) is 24.6 Å². The van der Waals surface area contributed by atoms with Crippen LogP contribution in [0.1, 0.15) is 6.92 Å². The molecule has 23 heavy (non-hydrogen) atoms. The zero-order valence-corrected chi connectivity index (χ0v) is 13.9. The summed E-state index contributed by atoms with van der Waals surface area (Å²) in [5, 5.41) is 2.69. The van der Waals surface area contributed by atoms with Crippen molar-refractivity contribution < 1.29 is 19.1 Å². The van der Waals surface area contributed by atoms with Gasteiger partial charge in [0.15, 0.2) is 11.5 Å². The second kappa shape index (κ2) is 7.21. The number of likely N-dealkylation sites (N-methyl/N-ethyl adjacent to an activating group) is 1. The van der Waals surface area contributed by atoms with E-state index in [0.717, 1.165) is 0 Å². The van der Waals surface area contributed by atoms with Gasteiger partial charge in [0.05, 0.1) is 20.2 Å². The van der Waals surface area contributed by atoms with Crippen LogP contribution in [0, 0.1) is 0 Å². The predicted octanol–water partition coefficient (Wildman–Crippen LogP) is 0.944. The molecule has 1 aromatic rings. The van der Waals surface area contributed by atoms with E-state index in [4.69, 9.17) is 9.47 Å². The number of carbonyl (C=O) groups is 2. The van der Waals surface area contributed by atoms with E-state index in [1.165, 1.54) is 4.90 Å². The maximum Gasteiger partial charge on any atom is 0.318 e. The average Bonchev–Trinajstić information content (AvgIpc) is 2.49. The molecule has 1 saturated heterocycles. The van der Waals surface area contributed by atoms with E-state index in [2.05, 4.69) is 5.32 Å². The molecule has 1 atom stereocenters. The topological polar surface area (TPSA) is 71.1 Å². The molecule has 0 spiro atoms. The fourth-order valence-electron chi connectivity index (χ4n) is 2.30. The van der Waals surface area contributed by atoms with Crippen LogP contribution in [0.4, 0.5) is 4.79 Å². The van der Waals surface area contributed by atoms with E-state index in [9.17, 15) is 9.59 Å². The minimum absolute atomic E-state index is 0.0723. The number of nitrogens with zero attached hydrogens (tertiary/aromatic N) is 2. The Morgan fingerprint density at radius 2 is 1.87 bits per heavy atom. The largest absolute Gasteiger partial charge is 0.493 e. The Bertz CT molecular complexity index is 570. The first-order chi connectivity index (χ1) is 10.9. The molecule has 0 aliphatic carbocycles. The summed E-state index contributed by atoms with van der Waals surface area (Å²) in [6, 6.07) is 6.59. The van der Waals surface area contributed by atoms with Gasteiger partial charge in [-0.2, -0.15) is 0 Å². The lowest BCUT2D eigenvalue weighted by atomic mass is 10.1. The van der Waals surface area contributed by atoms with Crippen LogP contribution in [0.25, 0.3) is 0 Å². The van der Waals surface area contributed by atoms with Crippen molar-refractivity contribution in [1.82, 2.24) is 15.1 Å². The number of amides is 3. The first kappa shape index (κ1) is 16.9. The van der Waals surface area contributed by atoms with Crippen LogP contribution in [0.2, 0.25) is 0 Å². The Labute approximate surface area is 136 Å². The van der Waals surface area contributed by atoms with Crippen molar-refractivity contribution >= 4 is 11.9 Å². The Balaban J connectivity index is 1.80. The second-order valence-corrected chi connectivity index (χ2v) is 5.70. The van der Waals surface area contributed by atoms with Crippen LogP contribution in [-0.4, -0.2) is 68.2 Å². The summed E-state index contributed by atoms with van der Waals surface area (Å²) in [4.78, 5) is 26.8. The van der Waals surface area contributed by atoms with Crippen molar-refractivity contribution in [1.29, 1.82) is 0 Å². The summed E-state index contributed by atoms with van der Waals surface area (Å²) in [6.45, 7) is 2.63. The summed E-state index contributed by atoms with van der Waals surface area (Å²) in [5.74, 6) is 1.19. The van der Waals surface area contributed by atoms with Gasteiger partial charge in [-0.25, -0.2) is 4.79 Å². The standard InChI is InChI=1S/C16H23N3O4/c1-11(15(20)18(2)3)17-16(21)19-9-12(10-19)23-14-8-6-5-7-13(14)22-4/h5-8,11-12H,9-10H2,1-4H3,(H,17,21). The Kier molecular flexibility index (Phi) is 5.31. The summed E-state index contributed by atoms with van der Waals surface area (Å²) in [5.41, 5.74) is 0. The normalized spacial score (nSPS) is 15.4. The highest BCUT2D eigenvalue weighted by Gasteiger charge is 2.34. The quantitative estimate of drug-likeness (QED) is 0.876. The molecule has 1 aliphatic heterocycles. The van der Waals surface area contributed by atoms with E-state index in [-0.39, 0.29) is 18.0 Å². The van der Waals surface area contributed by atoms with Crippen molar-refractivity contribution in [2.24, 2.45) is 0 Å². The third-order valence-corrected chi connectivity index (χ3v) is 3.65. The van der Waals surface area contributed by atoms with Crippen molar-refractivity contribution in [2.75, 3.05) is 34.3 Å². The van der Waals surface area contributed by atoms with Crippen LogP contribution in [0.15, 0.2) is 24.3 Å². The molecule has 2 rings (SSSR count). The van der Waals surface area contributed by atoms with Gasteiger partial charge in [-0.1, -0.05) is 12.1 Å². The number of ether oxygens (including phenoxy) is 2. The van der Waals surface area contributed by atoms with Gasteiger partial charge < -0.3 is 24.6 Å². The van der Waals surface area contributed by atoms with Gasteiger partial charge >= 0.3 is 6.03 Å². The highest BCUT2D eigenvalue weighted by molar-refractivity contribution is 5.86. The Morgan fingerprint density at radius 1 is 1.26 bits per heavy atom. The summed E-state index contributed by atoms with van der Waals surface area (Å²) in [6.07, 6.45) is -0.0723. The first-order valence-corrected chi connectivity index (χ1v) is 7.48. The lowest BCUT2D eigenvalue weighted by Gasteiger charge is -2.39. The third-order valence-electron chi connectivity index (χ3n) is 3.65. The number of methoxy groups -OCH3 is 1. The monoisotopic (exact) mass is 321 g/mol. The van der Waals surface area contributed by atoms with Gasteiger partial charge in [0.25, 0.3) is 0 Å². The molecule has 1 heterocycles. The number of urea groups is 1. The van der Waals surface area contributed by atoms with E-state index in [1.807, 2.05) is 24.3 Å². The number of carbonyl (C=O) groups excluding carboxylic acids is 2. The molecule has 1 fully saturated rings. The summed E-state index contributed by atoms with van der Waals surface area (Å²) >= 11 is 0. The maximum absolute atomic E-state index is 12.0. The molecule has 1 N–H and O–H groups in total. The second-order valence-electron chi connectivity index (χ2n) is 5.70. The highest BCUT2D eigenvalue weighted by atomic mass is 16.5. The van der Waals surface area contributed by atoms with E-state index >= 15 is 0 Å². The summed E-state index contributed by atoms with van der Waals surface area (Å²) in [7, 11) is 4.91. The molecule has 1 unspecified atom stereocenters. The maximum atomic E-state index is 12.0. The SMILES string of the molecule is COc1ccccc1OC1CN(C(=O)NC(C)C(=O)N(C)C)C1. The number of para-hydroxylation sites is 2. The number of hydrogen-bond acceptors (Lipinski definition) is 4. The van der Waals surface area contributed by atoms with Crippen molar-refractivity contribution in [3.8, 4) is 11.5 Å². The predicted molar refractivity (Wildman–Crippen MR) is 85.7 cm³/mol. The first-order valence-electron chi connectivity index (χ1n) is 7.48. The van der Waals surface area contributed by atoms with Gasteiger partial charge in [-0.05, 0) is 19.1 Å². The number of hydrogen-bond donors (Lipinski definition) is 1. The van der Waals surface area contributed by atoms with Gasteiger partial charge in [0, 0.05) is 14.1 Å². The lowest BCUT2D eigenvalue weighted by molar-refractivity contribution is -0.130. The fraction of sp³-hybridized carbons (Fsp3) is 0.500. The smallest absolute Gasteiger partial charge is 0.318 e. The molecule has 1 aliphatic rings. The molecule has 7 heteroatoms. The van der Waals surface area contributed by atoms with E-state index < -0.39 is 6.04 Å². The molecular weight excluding hydrogens is 298 g/mol. The van der Waals surface area contributed by atoms with Crippen LogP contribution in [0.3, 0.4) is 0 Å². The number of benzene rings is 1. The molecule has 0 aromatic heterocycles. The average molecular weight is 321 g/mol. The Hall–Kier alpha value is -2.44. The molecule has 7 nitrogen and oxygen atoms in total. The van der Waals surface area contributed by atoms with Crippen LogP contribution in [-0.2, 0) is 4.79 Å². The van der Waals surface area contributed by atoms with Gasteiger partial charge in [0.1, 0.15) is 12.1 Å². The molecule has 0 saturated carbocycles. The molecule has 1 aromatic carbocycles. The number of nitrogens with one attached hydrogen (secondary N) is 1. The third kappa shape index (κ3) is 4.06. The van der Waals surface area contributed by atoms with Crippen LogP contribution >= 0.6 is 0 Å². The molecule has 0 radical (unpaired) electrons. The molecule has 3 amide bonds. The minimum Gasteiger partial charge on any atom is -0.493 e. The van der Waals surface area contributed by atoms with Gasteiger partial charge in [0.2, 0.25) is 5.91 Å². The minimum atomic E-state index is -0.549. The molecule has 126 valence electrons. The number of likely N-dealkylation sites (tertiary alicyclic amines) is 1. The Morgan fingerprint density at radius 3 is 2.43 bits per heavy atom. The number of rotatable bonds is 5. The van der Waals surface area contributed by atoms with Crippen molar-refractivity contribution in [3.63, 3.8) is 0 Å². The fourth-order valence-corrected chi connectivity index (χ4v) is 2.30. The molecular formula is C16H23N3O4. The zero-order chi connectivity index (χ0) is 17.0. The zero-order valence-electron chi connectivity index (χ0n) is 13.9. The van der Waals surface area contributed by atoms with E-state index in [1.54, 1.807) is 33.0 Å². The van der Waals surface area contributed by atoms with Crippen molar-refractivity contribution in [3.05, 3.63) is 24.3 Å². The highest BCUT2D eigenvalue weighted by Crippen LogP contribution is 2.28. The van der Waals surface area contributed by atoms with Gasteiger partial charge in [-0.15, -0.1) is 0 Å². The van der Waals surface area contributed by atoms with Crippen molar-refractivity contribution in [2.45, 2.75) is 19.1 Å². The van der Waals surface area contributed by atoms with Crippen LogP contribution < -0.4 is 14.8 Å². The summed E-state index contributed by atoms with van der Waals surface area (Å²) < 4.78 is 11.1. The molecule has 0 bridgehead atoms. The van der Waals surface area contributed by atoms with Gasteiger partial charge in [-0.3, -0.25) is 4.79 Å².